The molecule has 0 fully saturated rings. The highest BCUT2D eigenvalue weighted by Crippen LogP contribution is 2.23. The first-order valence-electron chi connectivity index (χ1n) is 3.01. The minimum atomic E-state index is 0.309. The average molecular weight is 147 g/mol. The summed E-state index contributed by atoms with van der Waals surface area (Å²) in [5, 5.41) is 6.92. The van der Waals surface area contributed by atoms with E-state index >= 15 is 0 Å². The van der Waals surface area contributed by atoms with Gasteiger partial charge in [-0.05, 0) is 0 Å². The molecule has 11 heavy (non-hydrogen) atoms. The maximum atomic E-state index is 10.2. The zero-order valence-electron chi connectivity index (χ0n) is 5.44. The van der Waals surface area contributed by atoms with E-state index in [9.17, 15) is 4.91 Å². The van der Waals surface area contributed by atoms with Crippen LogP contribution < -0.4 is 0 Å². The van der Waals surface area contributed by atoms with Gasteiger partial charge in [0.2, 0.25) is 0 Å². The number of rotatable bonds is 1. The van der Waals surface area contributed by atoms with E-state index in [-0.39, 0.29) is 0 Å². The molecule has 0 radical (unpaired) electrons. The molecule has 4 nitrogen and oxygen atoms in total. The number of benzene rings is 1. The van der Waals surface area contributed by atoms with E-state index in [0.717, 1.165) is 0 Å². The first-order valence-corrected chi connectivity index (χ1v) is 3.01. The quantitative estimate of drug-likeness (QED) is 0.458. The van der Waals surface area contributed by atoms with Gasteiger partial charge in [0.25, 0.3) is 0 Å². The van der Waals surface area contributed by atoms with Gasteiger partial charge in [0.1, 0.15) is 0 Å². The van der Waals surface area contributed by atoms with Crippen LogP contribution in [0.5, 0.6) is 0 Å². The van der Waals surface area contributed by atoms with Crippen LogP contribution in [0.25, 0.3) is 10.9 Å². The first-order chi connectivity index (χ1) is 5.42. The van der Waals surface area contributed by atoms with Gasteiger partial charge >= 0.3 is 0 Å². The third-order valence-electron chi connectivity index (χ3n) is 1.41. The molecule has 0 bridgehead atoms. The van der Waals surface area contributed by atoms with Crippen LogP contribution in [-0.2, 0) is 0 Å². The Morgan fingerprint density at radius 3 is 3.27 bits per heavy atom. The van der Waals surface area contributed by atoms with Crippen molar-refractivity contribution in [3.05, 3.63) is 29.4 Å². The van der Waals surface area contributed by atoms with Gasteiger partial charge in [-0.2, -0.15) is 10.1 Å². The van der Waals surface area contributed by atoms with Gasteiger partial charge in [-0.25, -0.2) is 0 Å². The molecule has 0 unspecified atom stereocenters. The van der Waals surface area contributed by atoms with Crippen molar-refractivity contribution < 1.29 is 4.52 Å². The van der Waals surface area contributed by atoms with Crippen molar-refractivity contribution in [3.63, 3.8) is 0 Å². The topological polar surface area (TPSA) is 55.5 Å². The molecule has 0 amide bonds. The summed E-state index contributed by atoms with van der Waals surface area (Å²) in [6.07, 6.45) is 2.46. The lowest BCUT2D eigenvalue weighted by atomic mass is 10.2. The van der Waals surface area contributed by atoms with Crippen LogP contribution in [-0.4, -0.2) is 5.16 Å². The molecule has 2 rings (SSSR count). The minimum absolute atomic E-state index is 0.309. The Kier molecular flexibility index (Phi) is 1.18. The zero-order valence-corrected chi connectivity index (χ0v) is 5.44. The smallest absolute Gasteiger partial charge is 0.0449 e. The molecule has 0 saturated heterocycles. The van der Waals surface area contributed by atoms with Gasteiger partial charge in [0, 0.05) is 17.5 Å². The second kappa shape index (κ2) is 2.16. The van der Waals surface area contributed by atoms with Crippen molar-refractivity contribution in [2.75, 3.05) is 0 Å². The van der Waals surface area contributed by atoms with Crippen molar-refractivity contribution in [2.24, 2.45) is 5.18 Å². The predicted molar refractivity (Wildman–Crippen MR) is 38.3 cm³/mol. The van der Waals surface area contributed by atoms with Crippen LogP contribution in [0.1, 0.15) is 0 Å². The molecule has 0 spiro atoms. The normalized spacial score (nSPS) is 10.2. The van der Waals surface area contributed by atoms with Gasteiger partial charge in [-0.15, -0.1) is 0 Å². The monoisotopic (exact) mass is 147 g/mol. The number of hydrogen-bond donors (Lipinski definition) is 0. The number of nitrogens with zero attached hydrogens (tertiary/aromatic N) is 2. The summed E-state index contributed by atoms with van der Waals surface area (Å²) >= 11 is 0. The molecule has 0 N–H and O–H groups in total. The largest absolute Gasteiger partial charge is 0.439 e. The van der Waals surface area contributed by atoms with Crippen molar-refractivity contribution >= 4 is 16.6 Å². The molecular formula is C7H3N2O2-. The van der Waals surface area contributed by atoms with Crippen LogP contribution >= 0.6 is 0 Å². The minimum Gasteiger partial charge on any atom is -0.439 e. The van der Waals surface area contributed by atoms with Gasteiger partial charge in [-0.3, -0.25) is 0 Å². The van der Waals surface area contributed by atoms with E-state index in [4.69, 9.17) is 0 Å². The highest BCUT2D eigenvalue weighted by atomic mass is 16.5. The summed E-state index contributed by atoms with van der Waals surface area (Å²) in [7, 11) is 0. The molecule has 1 heterocycles. The highest BCUT2D eigenvalue weighted by molar-refractivity contribution is 5.87. The molecule has 2 aromatic rings. The Balaban J connectivity index is 2.88. The number of fused-ring (bicyclic) bond motifs is 1. The highest BCUT2D eigenvalue weighted by Gasteiger charge is 1.91. The lowest BCUT2D eigenvalue weighted by molar-refractivity contribution is 0.421. The predicted octanol–water partition coefficient (Wildman–Crippen LogP) is 2.03. The lowest BCUT2D eigenvalue weighted by Gasteiger charge is -1.96. The third-order valence-corrected chi connectivity index (χ3v) is 1.41. The summed E-state index contributed by atoms with van der Waals surface area (Å²) in [6.45, 7) is 0. The fraction of sp³-hybridized carbons (Fsp3) is 0. The fourth-order valence-corrected chi connectivity index (χ4v) is 0.903. The molecule has 0 aliphatic heterocycles. The van der Waals surface area contributed by atoms with Crippen LogP contribution in [0.15, 0.2) is 27.9 Å². The molecular weight excluding hydrogens is 144 g/mol. The summed E-state index contributed by atoms with van der Waals surface area (Å²) < 4.78 is 4.53. The van der Waals surface area contributed by atoms with Crippen LogP contribution in [0.3, 0.4) is 0 Å². The molecule has 0 saturated carbocycles. The van der Waals surface area contributed by atoms with Crippen LogP contribution in [0.2, 0.25) is 0 Å². The number of aromatic nitrogens is 1. The van der Waals surface area contributed by atoms with Crippen molar-refractivity contribution in [1.82, 2.24) is 5.16 Å². The molecule has 1 aromatic heterocycles. The molecule has 0 atom stereocenters. The summed E-state index contributed by atoms with van der Waals surface area (Å²) in [5.41, 5.74) is 0.908. The summed E-state index contributed by atoms with van der Waals surface area (Å²) in [6, 6.07) is 5.00. The van der Waals surface area contributed by atoms with Gasteiger partial charge in [0.15, 0.2) is 0 Å². The third kappa shape index (κ3) is 0.797. The Hall–Kier alpha value is -1.71. The molecule has 1 aromatic carbocycles. The van der Waals surface area contributed by atoms with E-state index in [0.29, 0.717) is 16.6 Å². The Labute approximate surface area is 61.8 Å². The van der Waals surface area contributed by atoms with E-state index < -0.39 is 0 Å². The molecule has 0 aliphatic carbocycles. The summed E-state index contributed by atoms with van der Waals surface area (Å²) in [4.78, 5) is 10.2. The second-order valence-electron chi connectivity index (χ2n) is 2.05. The van der Waals surface area contributed by atoms with Crippen molar-refractivity contribution in [3.8, 4) is 0 Å². The zero-order chi connectivity index (χ0) is 7.68. The number of nitroso groups, excluding NO2 is 1. The SMILES string of the molecule is O=Nc1cccc2no[c-]c12. The Bertz CT molecular complexity index is 394. The molecule has 4 heteroatoms. The Morgan fingerprint density at radius 2 is 2.45 bits per heavy atom. The van der Waals surface area contributed by atoms with E-state index in [2.05, 4.69) is 21.1 Å². The van der Waals surface area contributed by atoms with E-state index in [1.54, 1.807) is 18.2 Å². The van der Waals surface area contributed by atoms with E-state index in [1.807, 2.05) is 0 Å². The van der Waals surface area contributed by atoms with Crippen LogP contribution in [0, 0.1) is 11.2 Å². The lowest BCUT2D eigenvalue weighted by Crippen LogP contribution is -1.66. The maximum absolute atomic E-state index is 10.2. The molecule has 0 aliphatic rings. The van der Waals surface area contributed by atoms with E-state index in [1.165, 1.54) is 0 Å². The molecule has 54 valence electrons. The standard InChI is InChI=1S/C7H3N2O2/c10-8-6-2-1-3-7-5(6)4-11-9-7/h1-3H/q-1. The van der Waals surface area contributed by atoms with Crippen molar-refractivity contribution in [2.45, 2.75) is 0 Å². The van der Waals surface area contributed by atoms with Crippen molar-refractivity contribution in [1.29, 1.82) is 0 Å². The number of hydrogen-bond acceptors (Lipinski definition) is 4. The van der Waals surface area contributed by atoms with Gasteiger partial charge in [0.05, 0.1) is 0 Å². The average Bonchev–Trinajstić information content (AvgIpc) is 2.50. The fourth-order valence-electron chi connectivity index (χ4n) is 0.903. The van der Waals surface area contributed by atoms with Gasteiger partial charge < -0.3 is 4.52 Å². The second-order valence-corrected chi connectivity index (χ2v) is 2.05. The Morgan fingerprint density at radius 1 is 1.55 bits per heavy atom. The van der Waals surface area contributed by atoms with Crippen LogP contribution in [0.4, 0.5) is 5.69 Å². The first kappa shape index (κ1) is 6.03. The van der Waals surface area contributed by atoms with Gasteiger partial charge in [-0.1, -0.05) is 28.8 Å². The maximum Gasteiger partial charge on any atom is 0.0449 e. The summed E-state index contributed by atoms with van der Waals surface area (Å²) in [5.74, 6) is 0.